The second kappa shape index (κ2) is 6.83. The average Bonchev–Trinajstić information content (AvgIpc) is 2.42. The Morgan fingerprint density at radius 2 is 1.90 bits per heavy atom. The molecule has 1 N–H and O–H groups in total. The molecule has 7 nitrogen and oxygen atoms in total. The molecule has 21 heavy (non-hydrogen) atoms. The lowest BCUT2D eigenvalue weighted by Crippen LogP contribution is -2.35. The number of carbonyl (C=O) groups is 3. The van der Waals surface area contributed by atoms with Crippen LogP contribution in [0.25, 0.3) is 0 Å². The van der Waals surface area contributed by atoms with Crippen molar-refractivity contribution in [2.24, 2.45) is 0 Å². The number of hydrogen-bond donors (Lipinski definition) is 1. The number of hydrogen-bond acceptors (Lipinski definition) is 6. The van der Waals surface area contributed by atoms with Crippen LogP contribution in [0.4, 0.5) is 4.79 Å². The number of ether oxygens (including phenoxy) is 2. The molecule has 1 amide bonds. The molecular formula is C14H18N2O5. The molecule has 0 aromatic carbocycles. The summed E-state index contributed by atoms with van der Waals surface area (Å²) in [5.41, 5.74) is -0.249. The Kier molecular flexibility index (Phi) is 5.40. The van der Waals surface area contributed by atoms with Crippen LogP contribution >= 0.6 is 0 Å². The third kappa shape index (κ3) is 5.60. The van der Waals surface area contributed by atoms with Crippen molar-refractivity contribution in [2.75, 3.05) is 13.7 Å². The second-order valence-electron chi connectivity index (χ2n) is 5.20. The Morgan fingerprint density at radius 1 is 1.24 bits per heavy atom. The van der Waals surface area contributed by atoms with Gasteiger partial charge < -0.3 is 14.8 Å². The molecule has 1 aromatic rings. The largest absolute Gasteiger partial charge is 0.465 e. The van der Waals surface area contributed by atoms with Gasteiger partial charge in [-0.25, -0.2) is 9.59 Å². The smallest absolute Gasteiger partial charge is 0.408 e. The van der Waals surface area contributed by atoms with Crippen LogP contribution in [0.2, 0.25) is 0 Å². The van der Waals surface area contributed by atoms with Crippen LogP contribution < -0.4 is 5.32 Å². The molecule has 0 radical (unpaired) electrons. The van der Waals surface area contributed by atoms with Crippen LogP contribution in [-0.2, 0) is 9.47 Å². The number of rotatable bonds is 4. The highest BCUT2D eigenvalue weighted by atomic mass is 16.6. The van der Waals surface area contributed by atoms with Crippen molar-refractivity contribution in [3.05, 3.63) is 29.6 Å². The fourth-order valence-corrected chi connectivity index (χ4v) is 1.35. The number of ketones is 1. The number of nitrogens with one attached hydrogen (secondary N) is 1. The van der Waals surface area contributed by atoms with E-state index in [1.165, 1.54) is 25.4 Å². The third-order valence-corrected chi connectivity index (χ3v) is 2.26. The van der Waals surface area contributed by atoms with Gasteiger partial charge in [-0.05, 0) is 32.9 Å². The number of aromatic nitrogens is 1. The van der Waals surface area contributed by atoms with Gasteiger partial charge in [0.05, 0.1) is 19.2 Å². The molecule has 114 valence electrons. The molecule has 0 aliphatic carbocycles. The fourth-order valence-electron chi connectivity index (χ4n) is 1.35. The molecule has 0 fully saturated rings. The number of Topliss-reactive ketones (excluding diaryl/α,β-unsaturated/α-hetero) is 1. The predicted molar refractivity (Wildman–Crippen MR) is 74.1 cm³/mol. The SMILES string of the molecule is COC(=O)c1ccc(C(=O)CNC(=O)OC(C)(C)C)nc1. The number of esters is 1. The summed E-state index contributed by atoms with van der Waals surface area (Å²) < 4.78 is 9.53. The molecule has 0 saturated carbocycles. The number of nitrogens with zero attached hydrogens (tertiary/aromatic N) is 1. The zero-order valence-corrected chi connectivity index (χ0v) is 12.4. The monoisotopic (exact) mass is 294 g/mol. The van der Waals surface area contributed by atoms with E-state index in [-0.39, 0.29) is 17.8 Å². The summed E-state index contributed by atoms with van der Waals surface area (Å²) in [5.74, 6) is -0.925. The molecule has 0 aliphatic rings. The van der Waals surface area contributed by atoms with E-state index < -0.39 is 23.4 Å². The number of methoxy groups -OCH3 is 1. The summed E-state index contributed by atoms with van der Waals surface area (Å²) in [6.45, 7) is 4.93. The van der Waals surface area contributed by atoms with Gasteiger partial charge in [-0.2, -0.15) is 0 Å². The molecule has 0 aliphatic heterocycles. The number of pyridine rings is 1. The van der Waals surface area contributed by atoms with Crippen molar-refractivity contribution in [3.63, 3.8) is 0 Å². The summed E-state index contributed by atoms with van der Waals surface area (Å²) in [6, 6.07) is 2.82. The van der Waals surface area contributed by atoms with Crippen molar-refractivity contribution in [1.29, 1.82) is 0 Å². The van der Waals surface area contributed by atoms with E-state index in [4.69, 9.17) is 4.74 Å². The molecule has 0 spiro atoms. The molecular weight excluding hydrogens is 276 g/mol. The van der Waals surface area contributed by atoms with Gasteiger partial charge >= 0.3 is 12.1 Å². The first-order valence-corrected chi connectivity index (χ1v) is 6.27. The van der Waals surface area contributed by atoms with Crippen LogP contribution in [-0.4, -0.2) is 42.1 Å². The number of amides is 1. The number of carbonyl (C=O) groups excluding carboxylic acids is 3. The highest BCUT2D eigenvalue weighted by Crippen LogP contribution is 2.06. The van der Waals surface area contributed by atoms with E-state index in [0.717, 1.165) is 0 Å². The van der Waals surface area contributed by atoms with Crippen molar-refractivity contribution in [3.8, 4) is 0 Å². The minimum absolute atomic E-state index is 0.138. The highest BCUT2D eigenvalue weighted by Gasteiger charge is 2.17. The quantitative estimate of drug-likeness (QED) is 0.669. The summed E-state index contributed by atoms with van der Waals surface area (Å²) in [4.78, 5) is 38.3. The second-order valence-corrected chi connectivity index (χ2v) is 5.20. The van der Waals surface area contributed by atoms with Crippen LogP contribution in [0.5, 0.6) is 0 Å². The van der Waals surface area contributed by atoms with Gasteiger partial charge in [-0.15, -0.1) is 0 Å². The van der Waals surface area contributed by atoms with Gasteiger partial charge in [0.2, 0.25) is 0 Å². The molecule has 7 heteroatoms. The van der Waals surface area contributed by atoms with Crippen molar-refractivity contribution >= 4 is 17.8 Å². The fraction of sp³-hybridized carbons (Fsp3) is 0.429. The van der Waals surface area contributed by atoms with Crippen molar-refractivity contribution < 1.29 is 23.9 Å². The molecule has 1 aromatic heterocycles. The maximum absolute atomic E-state index is 11.8. The Labute approximate surface area is 122 Å². The molecule has 1 heterocycles. The van der Waals surface area contributed by atoms with Gasteiger partial charge in [0.1, 0.15) is 11.3 Å². The van der Waals surface area contributed by atoms with E-state index in [2.05, 4.69) is 15.0 Å². The maximum Gasteiger partial charge on any atom is 0.408 e. The minimum atomic E-state index is -0.679. The Morgan fingerprint density at radius 3 is 2.38 bits per heavy atom. The Bertz CT molecular complexity index is 531. The van der Waals surface area contributed by atoms with Crippen LogP contribution in [0.3, 0.4) is 0 Å². The molecule has 0 unspecified atom stereocenters. The van der Waals surface area contributed by atoms with Crippen LogP contribution in [0, 0.1) is 0 Å². The summed E-state index contributed by atoms with van der Waals surface area (Å²) in [7, 11) is 1.26. The first-order valence-electron chi connectivity index (χ1n) is 6.27. The lowest BCUT2D eigenvalue weighted by molar-refractivity contribution is 0.0519. The first kappa shape index (κ1) is 16.6. The topological polar surface area (TPSA) is 94.6 Å². The van der Waals surface area contributed by atoms with Gasteiger partial charge in [-0.1, -0.05) is 0 Å². The minimum Gasteiger partial charge on any atom is -0.465 e. The number of alkyl carbamates (subject to hydrolysis) is 1. The van der Waals surface area contributed by atoms with Crippen molar-refractivity contribution in [2.45, 2.75) is 26.4 Å². The molecule has 0 saturated heterocycles. The van der Waals surface area contributed by atoms with Gasteiger partial charge in [-0.3, -0.25) is 9.78 Å². The predicted octanol–water partition coefficient (Wildman–Crippen LogP) is 1.58. The van der Waals surface area contributed by atoms with Gasteiger partial charge in [0.15, 0.2) is 5.78 Å². The van der Waals surface area contributed by atoms with Gasteiger partial charge in [0.25, 0.3) is 0 Å². The Balaban J connectivity index is 2.56. The van der Waals surface area contributed by atoms with E-state index in [1.54, 1.807) is 20.8 Å². The summed E-state index contributed by atoms with van der Waals surface area (Å²) in [5, 5.41) is 2.34. The molecule has 0 bridgehead atoms. The normalized spacial score (nSPS) is 10.7. The standard InChI is InChI=1S/C14H18N2O5/c1-14(2,3)21-13(19)16-8-11(17)10-6-5-9(7-15-10)12(18)20-4/h5-7H,8H2,1-4H3,(H,16,19). The Hall–Kier alpha value is -2.44. The molecule has 0 atom stereocenters. The third-order valence-electron chi connectivity index (χ3n) is 2.26. The molecule has 1 rings (SSSR count). The zero-order valence-electron chi connectivity index (χ0n) is 12.4. The zero-order chi connectivity index (χ0) is 16.0. The van der Waals surface area contributed by atoms with E-state index in [0.29, 0.717) is 0 Å². The van der Waals surface area contributed by atoms with E-state index in [9.17, 15) is 14.4 Å². The summed E-state index contributed by atoms with van der Waals surface area (Å²) >= 11 is 0. The lowest BCUT2D eigenvalue weighted by atomic mass is 10.2. The van der Waals surface area contributed by atoms with E-state index >= 15 is 0 Å². The summed E-state index contributed by atoms with van der Waals surface area (Å²) in [6.07, 6.45) is 0.564. The maximum atomic E-state index is 11.8. The lowest BCUT2D eigenvalue weighted by Gasteiger charge is -2.19. The van der Waals surface area contributed by atoms with E-state index in [1.807, 2.05) is 0 Å². The van der Waals surface area contributed by atoms with Crippen molar-refractivity contribution in [1.82, 2.24) is 10.3 Å². The first-order chi connectivity index (χ1) is 9.73. The van der Waals surface area contributed by atoms with Gasteiger partial charge in [0, 0.05) is 6.20 Å². The van der Waals surface area contributed by atoms with Crippen LogP contribution in [0.1, 0.15) is 41.6 Å². The highest BCUT2D eigenvalue weighted by molar-refractivity contribution is 5.98. The average molecular weight is 294 g/mol. The van der Waals surface area contributed by atoms with Crippen LogP contribution in [0.15, 0.2) is 18.3 Å².